The van der Waals surface area contributed by atoms with Crippen LogP contribution >= 0.6 is 0 Å². The van der Waals surface area contributed by atoms with Crippen LogP contribution in [0.3, 0.4) is 0 Å². The molecule has 2 aromatic rings. The third-order valence-corrected chi connectivity index (χ3v) is 3.70. The van der Waals surface area contributed by atoms with E-state index in [4.69, 9.17) is 4.74 Å². The van der Waals surface area contributed by atoms with Crippen LogP contribution in [0.1, 0.15) is 36.6 Å². The van der Waals surface area contributed by atoms with Crippen molar-refractivity contribution in [1.29, 1.82) is 0 Å². The van der Waals surface area contributed by atoms with Crippen molar-refractivity contribution in [1.82, 2.24) is 5.32 Å². The monoisotopic (exact) mass is 297 g/mol. The van der Waals surface area contributed by atoms with Crippen molar-refractivity contribution >= 4 is 5.91 Å². The van der Waals surface area contributed by atoms with Crippen LogP contribution in [0.5, 0.6) is 5.75 Å². The minimum atomic E-state index is -0.533. The maximum Gasteiger partial charge on any atom is 0.261 e. The van der Waals surface area contributed by atoms with Crippen molar-refractivity contribution in [3.8, 4) is 5.75 Å². The SMILES string of the molecule is Cc1ccc(C(C)NC(=O)C(C)Oc2ccccc2C)cc1. The van der Waals surface area contributed by atoms with Gasteiger partial charge in [-0.3, -0.25) is 4.79 Å². The van der Waals surface area contributed by atoms with Crippen molar-refractivity contribution < 1.29 is 9.53 Å². The van der Waals surface area contributed by atoms with E-state index >= 15 is 0 Å². The molecule has 116 valence electrons. The summed E-state index contributed by atoms with van der Waals surface area (Å²) in [4.78, 5) is 12.3. The summed E-state index contributed by atoms with van der Waals surface area (Å²) in [5.74, 6) is 0.629. The summed E-state index contributed by atoms with van der Waals surface area (Å²) in [7, 11) is 0. The predicted octanol–water partition coefficient (Wildman–Crippen LogP) is 3.95. The van der Waals surface area contributed by atoms with Gasteiger partial charge in [0.05, 0.1) is 6.04 Å². The third kappa shape index (κ3) is 4.10. The maximum atomic E-state index is 12.3. The maximum absolute atomic E-state index is 12.3. The molecule has 2 unspecified atom stereocenters. The van der Waals surface area contributed by atoms with E-state index in [1.807, 2.05) is 69.3 Å². The molecule has 0 aliphatic carbocycles. The highest BCUT2D eigenvalue weighted by atomic mass is 16.5. The van der Waals surface area contributed by atoms with E-state index in [2.05, 4.69) is 5.32 Å². The van der Waals surface area contributed by atoms with Gasteiger partial charge in [-0.1, -0.05) is 48.0 Å². The van der Waals surface area contributed by atoms with Gasteiger partial charge in [0.25, 0.3) is 5.91 Å². The molecular formula is C19H23NO2. The molecule has 2 atom stereocenters. The fourth-order valence-electron chi connectivity index (χ4n) is 2.20. The van der Waals surface area contributed by atoms with Crippen LogP contribution in [0, 0.1) is 13.8 Å². The normalized spacial score (nSPS) is 13.3. The van der Waals surface area contributed by atoms with Gasteiger partial charge in [0.15, 0.2) is 6.10 Å². The Morgan fingerprint density at radius 3 is 2.27 bits per heavy atom. The Morgan fingerprint density at radius 1 is 1.00 bits per heavy atom. The van der Waals surface area contributed by atoms with E-state index in [0.29, 0.717) is 0 Å². The number of carbonyl (C=O) groups is 1. The summed E-state index contributed by atoms with van der Waals surface area (Å²) in [6, 6.07) is 15.8. The number of ether oxygens (including phenoxy) is 1. The Hall–Kier alpha value is -2.29. The molecule has 0 heterocycles. The number of para-hydroxylation sites is 1. The van der Waals surface area contributed by atoms with Crippen LogP contribution < -0.4 is 10.1 Å². The van der Waals surface area contributed by atoms with E-state index in [-0.39, 0.29) is 11.9 Å². The zero-order chi connectivity index (χ0) is 16.1. The van der Waals surface area contributed by atoms with Crippen molar-refractivity contribution in [2.75, 3.05) is 0 Å². The number of rotatable bonds is 5. The van der Waals surface area contributed by atoms with Crippen LogP contribution in [-0.4, -0.2) is 12.0 Å². The molecule has 0 saturated heterocycles. The summed E-state index contributed by atoms with van der Waals surface area (Å²) in [6.07, 6.45) is -0.533. The lowest BCUT2D eigenvalue weighted by Crippen LogP contribution is -2.37. The van der Waals surface area contributed by atoms with E-state index in [1.165, 1.54) is 5.56 Å². The highest BCUT2D eigenvalue weighted by molar-refractivity contribution is 5.81. The Kier molecular flexibility index (Phi) is 5.21. The van der Waals surface area contributed by atoms with E-state index in [1.54, 1.807) is 6.92 Å². The number of hydrogen-bond acceptors (Lipinski definition) is 2. The molecule has 0 aliphatic rings. The third-order valence-electron chi connectivity index (χ3n) is 3.70. The molecule has 1 N–H and O–H groups in total. The molecule has 0 spiro atoms. The van der Waals surface area contributed by atoms with Gasteiger partial charge < -0.3 is 10.1 Å². The zero-order valence-corrected chi connectivity index (χ0v) is 13.6. The Bertz CT molecular complexity index is 634. The summed E-state index contributed by atoms with van der Waals surface area (Å²) >= 11 is 0. The van der Waals surface area contributed by atoms with Crippen LogP contribution in [-0.2, 0) is 4.79 Å². The molecule has 0 bridgehead atoms. The number of carbonyl (C=O) groups excluding carboxylic acids is 1. The summed E-state index contributed by atoms with van der Waals surface area (Å²) in [5.41, 5.74) is 3.31. The van der Waals surface area contributed by atoms with Crippen molar-refractivity contribution in [2.24, 2.45) is 0 Å². The second-order valence-electron chi connectivity index (χ2n) is 5.67. The molecule has 0 saturated carbocycles. The van der Waals surface area contributed by atoms with Gasteiger partial charge >= 0.3 is 0 Å². The van der Waals surface area contributed by atoms with Crippen molar-refractivity contribution in [3.05, 3.63) is 65.2 Å². The molecular weight excluding hydrogens is 274 g/mol. The average molecular weight is 297 g/mol. The van der Waals surface area contributed by atoms with E-state index in [0.717, 1.165) is 16.9 Å². The largest absolute Gasteiger partial charge is 0.481 e. The first-order valence-corrected chi connectivity index (χ1v) is 7.56. The summed E-state index contributed by atoms with van der Waals surface area (Å²) in [6.45, 7) is 7.76. The number of benzene rings is 2. The molecule has 3 heteroatoms. The molecule has 2 rings (SSSR count). The van der Waals surface area contributed by atoms with Crippen molar-refractivity contribution in [2.45, 2.75) is 39.8 Å². The Morgan fingerprint density at radius 2 is 1.64 bits per heavy atom. The number of nitrogens with one attached hydrogen (secondary N) is 1. The number of amides is 1. The molecule has 0 fully saturated rings. The number of aryl methyl sites for hydroxylation is 2. The zero-order valence-electron chi connectivity index (χ0n) is 13.6. The molecule has 1 amide bonds. The topological polar surface area (TPSA) is 38.3 Å². The van der Waals surface area contributed by atoms with E-state index in [9.17, 15) is 4.79 Å². The molecule has 22 heavy (non-hydrogen) atoms. The van der Waals surface area contributed by atoms with Crippen LogP contribution in [0.4, 0.5) is 0 Å². The van der Waals surface area contributed by atoms with Crippen molar-refractivity contribution in [3.63, 3.8) is 0 Å². The minimum Gasteiger partial charge on any atom is -0.481 e. The minimum absolute atomic E-state index is 0.0454. The summed E-state index contributed by atoms with van der Waals surface area (Å²) in [5, 5.41) is 2.99. The van der Waals surface area contributed by atoms with Gasteiger partial charge in [-0.25, -0.2) is 0 Å². The molecule has 2 aromatic carbocycles. The lowest BCUT2D eigenvalue weighted by molar-refractivity contribution is -0.127. The standard InChI is InChI=1S/C19H23NO2/c1-13-9-11-17(12-10-13)15(3)20-19(21)16(4)22-18-8-6-5-7-14(18)2/h5-12,15-16H,1-4H3,(H,20,21). The second-order valence-corrected chi connectivity index (χ2v) is 5.67. The van der Waals surface area contributed by atoms with Gasteiger partial charge in [-0.15, -0.1) is 0 Å². The first-order valence-electron chi connectivity index (χ1n) is 7.56. The first-order chi connectivity index (χ1) is 10.5. The first kappa shape index (κ1) is 16.1. The Balaban J connectivity index is 1.96. The Labute approximate surface area is 132 Å². The highest BCUT2D eigenvalue weighted by Gasteiger charge is 2.18. The fourth-order valence-corrected chi connectivity index (χ4v) is 2.20. The molecule has 0 aliphatic heterocycles. The van der Waals surface area contributed by atoms with Gasteiger partial charge in [0.1, 0.15) is 5.75 Å². The lowest BCUT2D eigenvalue weighted by Gasteiger charge is -2.20. The van der Waals surface area contributed by atoms with Gasteiger partial charge in [0.2, 0.25) is 0 Å². The number of hydrogen-bond donors (Lipinski definition) is 1. The predicted molar refractivity (Wildman–Crippen MR) is 89.0 cm³/mol. The highest BCUT2D eigenvalue weighted by Crippen LogP contribution is 2.18. The fraction of sp³-hybridized carbons (Fsp3) is 0.316. The average Bonchev–Trinajstić information content (AvgIpc) is 2.50. The molecule has 3 nitrogen and oxygen atoms in total. The van der Waals surface area contributed by atoms with Gasteiger partial charge in [-0.2, -0.15) is 0 Å². The quantitative estimate of drug-likeness (QED) is 0.907. The van der Waals surface area contributed by atoms with Gasteiger partial charge in [0, 0.05) is 0 Å². The van der Waals surface area contributed by atoms with Gasteiger partial charge in [-0.05, 0) is 44.9 Å². The molecule has 0 radical (unpaired) electrons. The van der Waals surface area contributed by atoms with Crippen LogP contribution in [0.25, 0.3) is 0 Å². The summed E-state index contributed by atoms with van der Waals surface area (Å²) < 4.78 is 5.75. The smallest absolute Gasteiger partial charge is 0.261 e. The van der Waals surface area contributed by atoms with E-state index < -0.39 is 6.10 Å². The van der Waals surface area contributed by atoms with Crippen LogP contribution in [0.15, 0.2) is 48.5 Å². The van der Waals surface area contributed by atoms with Crippen LogP contribution in [0.2, 0.25) is 0 Å². The molecule has 0 aromatic heterocycles. The second kappa shape index (κ2) is 7.12. The lowest BCUT2D eigenvalue weighted by atomic mass is 10.1.